The van der Waals surface area contributed by atoms with Crippen LogP contribution in [-0.2, 0) is 0 Å². The monoisotopic (exact) mass is 412 g/mol. The average Bonchev–Trinajstić information content (AvgIpc) is 2.98. The molecule has 0 aromatic heterocycles. The summed E-state index contributed by atoms with van der Waals surface area (Å²) in [5.41, 5.74) is 0.674. The zero-order chi connectivity index (χ0) is 21.8. The number of hydrogen-bond donors (Lipinski definition) is 2. The van der Waals surface area contributed by atoms with Crippen LogP contribution < -0.4 is 4.74 Å². The number of aliphatic hydroxyl groups is 2. The number of hydrogen-bond acceptors (Lipinski definition) is 7. The zero-order valence-corrected chi connectivity index (χ0v) is 16.2. The first-order valence-corrected chi connectivity index (χ1v) is 9.15. The van der Waals surface area contributed by atoms with Crippen LogP contribution in [0.4, 0.5) is 0 Å². The van der Waals surface area contributed by atoms with E-state index in [1.807, 2.05) is 0 Å². The quantitative estimate of drug-likeness (QED) is 0.488. The molecule has 156 valence electrons. The molecule has 2 aromatic carbocycles. The third-order valence-electron chi connectivity index (χ3n) is 4.66. The molecule has 1 heterocycles. The molecule has 3 amide bonds. The summed E-state index contributed by atoms with van der Waals surface area (Å²) in [6.07, 6.45) is 0.532. The zero-order valence-electron chi connectivity index (χ0n) is 16.2. The number of aliphatic hydroxyl groups excluding tert-OH is 2. The minimum absolute atomic E-state index is 0.0918. The topological polar surface area (TPSA) is 124 Å². The molecule has 0 fully saturated rings. The predicted octanol–water partition coefficient (Wildman–Crippen LogP) is 0.944. The van der Waals surface area contributed by atoms with Crippen LogP contribution in [0.5, 0.6) is 11.5 Å². The fourth-order valence-electron chi connectivity index (χ4n) is 3.13. The second-order valence-corrected chi connectivity index (χ2v) is 6.61. The molecule has 0 unspecified atom stereocenters. The molecule has 3 rings (SSSR count). The summed E-state index contributed by atoms with van der Waals surface area (Å²) in [6, 6.07) is 8.74. The molecule has 0 radical (unpaired) electrons. The van der Waals surface area contributed by atoms with Gasteiger partial charge in [-0.05, 0) is 36.4 Å². The number of fused-ring (bicyclic) bond motifs is 1. The Morgan fingerprint density at radius 1 is 1.03 bits per heavy atom. The first kappa shape index (κ1) is 21.2. The predicted molar refractivity (Wildman–Crippen MR) is 105 cm³/mol. The molecule has 0 saturated carbocycles. The first-order chi connectivity index (χ1) is 14.4. The molecule has 0 saturated heterocycles. The van der Waals surface area contributed by atoms with Gasteiger partial charge in [-0.25, -0.2) is 0 Å². The Labute approximate surface area is 172 Å². The van der Waals surface area contributed by atoms with E-state index in [2.05, 4.69) is 0 Å². The van der Waals surface area contributed by atoms with Crippen molar-refractivity contribution < 1.29 is 34.1 Å². The van der Waals surface area contributed by atoms with E-state index in [9.17, 15) is 19.2 Å². The largest absolute Gasteiger partial charge is 0.457 e. The van der Waals surface area contributed by atoms with E-state index >= 15 is 0 Å². The van der Waals surface area contributed by atoms with Crippen LogP contribution in [0, 0.1) is 0 Å². The van der Waals surface area contributed by atoms with Gasteiger partial charge in [0.15, 0.2) is 6.29 Å². The fourth-order valence-corrected chi connectivity index (χ4v) is 3.13. The highest BCUT2D eigenvalue weighted by Gasteiger charge is 2.35. The van der Waals surface area contributed by atoms with Gasteiger partial charge in [-0.2, -0.15) is 0 Å². The van der Waals surface area contributed by atoms with Crippen LogP contribution in [0.15, 0.2) is 36.4 Å². The van der Waals surface area contributed by atoms with Crippen LogP contribution in [-0.4, -0.2) is 77.4 Å². The fraction of sp³-hybridized carbons (Fsp3) is 0.238. The van der Waals surface area contributed by atoms with Gasteiger partial charge in [0, 0.05) is 19.2 Å². The first-order valence-electron chi connectivity index (χ1n) is 9.15. The van der Waals surface area contributed by atoms with Crippen LogP contribution >= 0.6 is 0 Å². The van der Waals surface area contributed by atoms with E-state index in [1.54, 1.807) is 0 Å². The summed E-state index contributed by atoms with van der Waals surface area (Å²) in [5, 5.41) is 18.0. The molecule has 1 aliphatic rings. The molecule has 1 aliphatic heterocycles. The summed E-state index contributed by atoms with van der Waals surface area (Å²) in [7, 11) is 1.51. The minimum atomic E-state index is -0.518. The number of β-amino-alcohol motifs (C(OH)–C–C–N with tert-alkyl or cyclic N) is 1. The number of amides is 3. The highest BCUT2D eigenvalue weighted by atomic mass is 16.5. The van der Waals surface area contributed by atoms with Crippen molar-refractivity contribution in [1.29, 1.82) is 0 Å². The maximum absolute atomic E-state index is 12.4. The number of likely N-dealkylation sites (N-methyl/N-ethyl adjacent to an activating group) is 1. The standard InChI is InChI=1S/C21H20N2O7/c1-22(6-8-24)19(27)16-4-2-14(10-13(16)12-26)30-15-3-5-17-18(11-15)21(29)23(7-9-25)20(17)28/h2-5,10-12,24-25H,6-9H2,1H3. The number of benzene rings is 2. The van der Waals surface area contributed by atoms with Crippen molar-refractivity contribution in [2.24, 2.45) is 0 Å². The number of ether oxygens (including phenoxy) is 1. The smallest absolute Gasteiger partial charge is 0.261 e. The normalized spacial score (nSPS) is 12.7. The lowest BCUT2D eigenvalue weighted by molar-refractivity contribution is 0.0623. The lowest BCUT2D eigenvalue weighted by Crippen LogP contribution is -2.32. The Kier molecular flexibility index (Phi) is 6.24. The van der Waals surface area contributed by atoms with Crippen molar-refractivity contribution in [2.45, 2.75) is 0 Å². The van der Waals surface area contributed by atoms with Gasteiger partial charge in [0.1, 0.15) is 11.5 Å². The summed E-state index contributed by atoms with van der Waals surface area (Å²) in [6.45, 7) is -0.493. The van der Waals surface area contributed by atoms with Crippen molar-refractivity contribution >= 4 is 24.0 Å². The van der Waals surface area contributed by atoms with E-state index < -0.39 is 17.7 Å². The molecule has 9 nitrogen and oxygen atoms in total. The van der Waals surface area contributed by atoms with Gasteiger partial charge in [0.05, 0.1) is 36.4 Å². The van der Waals surface area contributed by atoms with Crippen molar-refractivity contribution in [3.8, 4) is 11.5 Å². The Morgan fingerprint density at radius 3 is 2.37 bits per heavy atom. The van der Waals surface area contributed by atoms with Gasteiger partial charge in [-0.3, -0.25) is 24.1 Å². The van der Waals surface area contributed by atoms with Crippen LogP contribution in [0.2, 0.25) is 0 Å². The number of imide groups is 1. The Bertz CT molecular complexity index is 1020. The minimum Gasteiger partial charge on any atom is -0.457 e. The number of rotatable bonds is 8. The van der Waals surface area contributed by atoms with Gasteiger partial charge in [-0.1, -0.05) is 0 Å². The van der Waals surface area contributed by atoms with Crippen LogP contribution in [0.1, 0.15) is 41.4 Å². The molecule has 9 heteroatoms. The van der Waals surface area contributed by atoms with Crippen molar-refractivity contribution in [3.63, 3.8) is 0 Å². The molecule has 2 aromatic rings. The summed E-state index contributed by atoms with van der Waals surface area (Å²) in [5.74, 6) is -0.871. The lowest BCUT2D eigenvalue weighted by Gasteiger charge is -2.17. The van der Waals surface area contributed by atoms with E-state index in [-0.39, 0.29) is 60.1 Å². The van der Waals surface area contributed by atoms with Crippen molar-refractivity contribution in [3.05, 3.63) is 58.7 Å². The highest BCUT2D eigenvalue weighted by Crippen LogP contribution is 2.30. The molecular formula is C21H20N2O7. The van der Waals surface area contributed by atoms with Crippen molar-refractivity contribution in [1.82, 2.24) is 9.80 Å². The lowest BCUT2D eigenvalue weighted by atomic mass is 10.1. The van der Waals surface area contributed by atoms with Crippen LogP contribution in [0.25, 0.3) is 0 Å². The highest BCUT2D eigenvalue weighted by molar-refractivity contribution is 6.21. The Morgan fingerprint density at radius 2 is 1.70 bits per heavy atom. The molecule has 0 spiro atoms. The molecule has 2 N–H and O–H groups in total. The second-order valence-electron chi connectivity index (χ2n) is 6.61. The molecule has 0 aliphatic carbocycles. The Balaban J connectivity index is 1.84. The summed E-state index contributed by atoms with van der Waals surface area (Å²) in [4.78, 5) is 50.7. The third-order valence-corrected chi connectivity index (χ3v) is 4.66. The average molecular weight is 412 g/mol. The second kappa shape index (κ2) is 8.85. The van der Waals surface area contributed by atoms with Gasteiger partial charge >= 0.3 is 0 Å². The number of carbonyl (C=O) groups is 4. The van der Waals surface area contributed by atoms with Crippen molar-refractivity contribution in [2.75, 3.05) is 33.4 Å². The summed E-state index contributed by atoms with van der Waals surface area (Å²) < 4.78 is 5.71. The SMILES string of the molecule is CN(CCO)C(=O)c1ccc(Oc2ccc3c(c2)C(=O)N(CCO)C3=O)cc1C=O. The Hall–Kier alpha value is -3.56. The molecule has 0 atom stereocenters. The number of carbonyl (C=O) groups excluding carboxylic acids is 4. The molecule has 0 bridgehead atoms. The van der Waals surface area contributed by atoms with Gasteiger partial charge in [0.2, 0.25) is 0 Å². The van der Waals surface area contributed by atoms with E-state index in [1.165, 1.54) is 48.3 Å². The maximum atomic E-state index is 12.4. The van der Waals surface area contributed by atoms with Gasteiger partial charge < -0.3 is 19.8 Å². The van der Waals surface area contributed by atoms with E-state index in [0.717, 1.165) is 4.90 Å². The van der Waals surface area contributed by atoms with Crippen LogP contribution in [0.3, 0.4) is 0 Å². The molecular weight excluding hydrogens is 392 g/mol. The summed E-state index contributed by atoms with van der Waals surface area (Å²) >= 11 is 0. The van der Waals surface area contributed by atoms with E-state index in [0.29, 0.717) is 6.29 Å². The van der Waals surface area contributed by atoms with E-state index in [4.69, 9.17) is 14.9 Å². The van der Waals surface area contributed by atoms with Gasteiger partial charge in [0.25, 0.3) is 17.7 Å². The number of nitrogens with zero attached hydrogens (tertiary/aromatic N) is 2. The maximum Gasteiger partial charge on any atom is 0.261 e. The third kappa shape index (κ3) is 3.93. The number of aldehydes is 1. The molecule has 30 heavy (non-hydrogen) atoms. The van der Waals surface area contributed by atoms with Gasteiger partial charge in [-0.15, -0.1) is 0 Å².